The second kappa shape index (κ2) is 5.27. The molecule has 0 aliphatic rings. The van der Waals surface area contributed by atoms with Gasteiger partial charge in [0.1, 0.15) is 5.02 Å². The summed E-state index contributed by atoms with van der Waals surface area (Å²) in [6, 6.07) is 5.19. The van der Waals surface area contributed by atoms with Gasteiger partial charge in [0.05, 0.1) is 21.9 Å². The molecule has 1 heterocycles. The van der Waals surface area contributed by atoms with Gasteiger partial charge >= 0.3 is 0 Å². The van der Waals surface area contributed by atoms with Crippen LogP contribution in [0.15, 0.2) is 24.4 Å². The maximum Gasteiger partial charge on any atom is 0.224 e. The second-order valence-electron chi connectivity index (χ2n) is 3.06. The maximum atomic E-state index is 6.02. The summed E-state index contributed by atoms with van der Waals surface area (Å²) in [4.78, 5) is 7.69. The predicted molar refractivity (Wildman–Crippen MR) is 71.8 cm³/mol. The van der Waals surface area contributed by atoms with Crippen molar-refractivity contribution in [3.63, 3.8) is 0 Å². The van der Waals surface area contributed by atoms with Crippen LogP contribution < -0.4 is 5.32 Å². The van der Waals surface area contributed by atoms with Crippen molar-refractivity contribution in [3.8, 4) is 0 Å². The lowest BCUT2D eigenvalue weighted by atomic mass is 10.3. The Balaban J connectivity index is 2.38. The maximum absolute atomic E-state index is 6.02. The van der Waals surface area contributed by atoms with Crippen LogP contribution in [0.3, 0.4) is 0 Å². The summed E-state index contributed by atoms with van der Waals surface area (Å²) >= 11 is 23.5. The van der Waals surface area contributed by atoms with Crippen molar-refractivity contribution in [1.29, 1.82) is 0 Å². The number of nitrogens with zero attached hydrogens (tertiary/aromatic N) is 2. The average Bonchev–Trinajstić information content (AvgIpc) is 2.30. The van der Waals surface area contributed by atoms with Gasteiger partial charge in [-0.25, -0.2) is 4.98 Å². The van der Waals surface area contributed by atoms with Crippen molar-refractivity contribution >= 4 is 57.9 Å². The number of anilines is 2. The Morgan fingerprint density at radius 3 is 2.53 bits per heavy atom. The van der Waals surface area contributed by atoms with E-state index in [1.807, 2.05) is 0 Å². The smallest absolute Gasteiger partial charge is 0.224 e. The van der Waals surface area contributed by atoms with E-state index in [2.05, 4.69) is 15.3 Å². The third-order valence-electron chi connectivity index (χ3n) is 1.92. The normalized spacial score (nSPS) is 10.4. The molecule has 0 fully saturated rings. The van der Waals surface area contributed by atoms with E-state index < -0.39 is 0 Å². The standard InChI is InChI=1S/C10H5Cl4N3/c11-5-2-1-3-7(8(5)13)16-9-6(12)4-15-10(14)17-9/h1-4H,(H,15,16,17). The summed E-state index contributed by atoms with van der Waals surface area (Å²) in [5.74, 6) is 0.371. The van der Waals surface area contributed by atoms with Gasteiger partial charge in [0.25, 0.3) is 0 Å². The van der Waals surface area contributed by atoms with E-state index in [-0.39, 0.29) is 5.28 Å². The first-order valence-corrected chi connectivity index (χ1v) is 5.98. The molecule has 1 N–H and O–H groups in total. The number of halogens is 4. The third kappa shape index (κ3) is 2.93. The molecule has 3 nitrogen and oxygen atoms in total. The zero-order valence-corrected chi connectivity index (χ0v) is 11.2. The van der Waals surface area contributed by atoms with E-state index in [9.17, 15) is 0 Å². The first kappa shape index (κ1) is 12.7. The van der Waals surface area contributed by atoms with Gasteiger partial charge in [-0.3, -0.25) is 0 Å². The fraction of sp³-hybridized carbons (Fsp3) is 0. The number of hydrogen-bond donors (Lipinski definition) is 1. The van der Waals surface area contributed by atoms with Crippen LogP contribution >= 0.6 is 46.4 Å². The van der Waals surface area contributed by atoms with Gasteiger partial charge in [0.15, 0.2) is 5.82 Å². The monoisotopic (exact) mass is 307 g/mol. The summed E-state index contributed by atoms with van der Waals surface area (Å²) in [5.41, 5.74) is 0.593. The molecule has 2 rings (SSSR count). The van der Waals surface area contributed by atoms with E-state index in [0.717, 1.165) is 0 Å². The highest BCUT2D eigenvalue weighted by atomic mass is 35.5. The highest BCUT2D eigenvalue weighted by Crippen LogP contribution is 2.33. The minimum absolute atomic E-state index is 0.0926. The van der Waals surface area contributed by atoms with Crippen molar-refractivity contribution in [2.45, 2.75) is 0 Å². The molecule has 0 bridgehead atoms. The van der Waals surface area contributed by atoms with Crippen LogP contribution in [-0.4, -0.2) is 9.97 Å². The van der Waals surface area contributed by atoms with Crippen molar-refractivity contribution in [2.75, 3.05) is 5.32 Å². The molecular formula is C10H5Cl4N3. The molecule has 88 valence electrons. The van der Waals surface area contributed by atoms with Crippen molar-refractivity contribution in [1.82, 2.24) is 9.97 Å². The zero-order chi connectivity index (χ0) is 12.4. The Labute approximate surface area is 118 Å². The lowest BCUT2D eigenvalue weighted by Crippen LogP contribution is -1.97. The van der Waals surface area contributed by atoms with E-state index in [0.29, 0.717) is 26.6 Å². The first-order chi connectivity index (χ1) is 8.08. The lowest BCUT2D eigenvalue weighted by molar-refractivity contribution is 1.17. The molecule has 0 radical (unpaired) electrons. The summed E-state index contributed by atoms with van der Waals surface area (Å²) in [5, 5.41) is 4.20. The van der Waals surface area contributed by atoms with Gasteiger partial charge in [0.2, 0.25) is 5.28 Å². The van der Waals surface area contributed by atoms with Crippen molar-refractivity contribution < 1.29 is 0 Å². The molecule has 0 saturated heterocycles. The molecule has 1 aromatic carbocycles. The molecule has 0 unspecified atom stereocenters. The minimum Gasteiger partial charge on any atom is -0.338 e. The quantitative estimate of drug-likeness (QED) is 0.807. The van der Waals surface area contributed by atoms with Crippen LogP contribution in [0.1, 0.15) is 0 Å². The molecule has 2 aromatic rings. The number of aromatic nitrogens is 2. The Kier molecular flexibility index (Phi) is 3.94. The van der Waals surface area contributed by atoms with Crippen molar-refractivity contribution in [3.05, 3.63) is 44.7 Å². The molecule has 7 heteroatoms. The predicted octanol–water partition coefficient (Wildman–Crippen LogP) is 4.83. The molecule has 1 aromatic heterocycles. The Morgan fingerprint density at radius 1 is 1.00 bits per heavy atom. The highest BCUT2D eigenvalue weighted by Gasteiger charge is 2.08. The molecule has 0 spiro atoms. The van der Waals surface area contributed by atoms with E-state index in [4.69, 9.17) is 46.4 Å². The van der Waals surface area contributed by atoms with Crippen LogP contribution in [0.2, 0.25) is 20.4 Å². The SMILES string of the molecule is Clc1ncc(Cl)c(Nc2cccc(Cl)c2Cl)n1. The zero-order valence-electron chi connectivity index (χ0n) is 8.22. The summed E-state index contributed by atoms with van der Waals surface area (Å²) in [6.45, 7) is 0. The fourth-order valence-corrected chi connectivity index (χ4v) is 1.78. The number of benzene rings is 1. The largest absolute Gasteiger partial charge is 0.338 e. The molecular weight excluding hydrogens is 304 g/mol. The Hall–Kier alpha value is -0.740. The van der Waals surface area contributed by atoms with Gasteiger partial charge < -0.3 is 5.32 Å². The Bertz CT molecular complexity index is 559. The molecule has 0 atom stereocenters. The summed E-state index contributed by atoms with van der Waals surface area (Å²) in [6.07, 6.45) is 1.40. The average molecular weight is 309 g/mol. The molecule has 0 aliphatic carbocycles. The van der Waals surface area contributed by atoms with Crippen LogP contribution in [0, 0.1) is 0 Å². The van der Waals surface area contributed by atoms with E-state index in [1.54, 1.807) is 18.2 Å². The van der Waals surface area contributed by atoms with E-state index >= 15 is 0 Å². The lowest BCUT2D eigenvalue weighted by Gasteiger charge is -2.09. The van der Waals surface area contributed by atoms with E-state index in [1.165, 1.54) is 6.20 Å². The van der Waals surface area contributed by atoms with Gasteiger partial charge in [0, 0.05) is 0 Å². The summed E-state index contributed by atoms with van der Waals surface area (Å²) in [7, 11) is 0. The number of nitrogens with one attached hydrogen (secondary N) is 1. The molecule has 0 aliphatic heterocycles. The first-order valence-electron chi connectivity index (χ1n) is 4.47. The fourth-order valence-electron chi connectivity index (χ4n) is 1.16. The summed E-state index contributed by atoms with van der Waals surface area (Å²) < 4.78 is 0. The van der Waals surface area contributed by atoms with Crippen LogP contribution in [0.5, 0.6) is 0 Å². The van der Waals surface area contributed by atoms with Crippen molar-refractivity contribution in [2.24, 2.45) is 0 Å². The van der Waals surface area contributed by atoms with Gasteiger partial charge in [-0.1, -0.05) is 40.9 Å². The van der Waals surface area contributed by atoms with Gasteiger partial charge in [-0.05, 0) is 23.7 Å². The molecule has 17 heavy (non-hydrogen) atoms. The van der Waals surface area contributed by atoms with Crippen LogP contribution in [0.25, 0.3) is 0 Å². The molecule has 0 amide bonds. The second-order valence-corrected chi connectivity index (χ2v) is 4.59. The topological polar surface area (TPSA) is 37.8 Å². The Morgan fingerprint density at radius 2 is 1.76 bits per heavy atom. The minimum atomic E-state index is 0.0926. The van der Waals surface area contributed by atoms with Gasteiger partial charge in [-0.15, -0.1) is 0 Å². The molecule has 0 saturated carbocycles. The number of rotatable bonds is 2. The third-order valence-corrected chi connectivity index (χ3v) is 3.20. The van der Waals surface area contributed by atoms with Gasteiger partial charge in [-0.2, -0.15) is 4.98 Å². The number of hydrogen-bond acceptors (Lipinski definition) is 3. The van der Waals surface area contributed by atoms with Crippen LogP contribution in [0.4, 0.5) is 11.5 Å². The van der Waals surface area contributed by atoms with Crippen LogP contribution in [-0.2, 0) is 0 Å². The highest BCUT2D eigenvalue weighted by molar-refractivity contribution is 6.43.